The number of aryl methyl sites for hydroxylation is 2. The van der Waals surface area contributed by atoms with Crippen LogP contribution in [0, 0.1) is 6.92 Å². The number of aliphatic hydroxyl groups excluding tert-OH is 3. The monoisotopic (exact) mass is 613 g/mol. The Morgan fingerprint density at radius 2 is 1.57 bits per heavy atom. The number of nitrogens with zero attached hydrogens (tertiary/aromatic N) is 1. The second-order valence-corrected chi connectivity index (χ2v) is 13.4. The van der Waals surface area contributed by atoms with E-state index in [1.54, 1.807) is 13.8 Å². The van der Waals surface area contributed by atoms with E-state index in [-0.39, 0.29) is 11.8 Å². The Labute approximate surface area is 261 Å². The van der Waals surface area contributed by atoms with Gasteiger partial charge in [0.15, 0.2) is 0 Å². The maximum atomic E-state index is 12.5. The number of hydrogen-bond acceptors (Lipinski definition) is 8. The summed E-state index contributed by atoms with van der Waals surface area (Å²) in [6, 6.07) is 13.9. The Hall–Kier alpha value is -2.86. The summed E-state index contributed by atoms with van der Waals surface area (Å²) < 4.78 is 5.95. The lowest BCUT2D eigenvalue weighted by Gasteiger charge is -2.45. The van der Waals surface area contributed by atoms with Crippen molar-refractivity contribution in [2.75, 3.05) is 27.2 Å². The van der Waals surface area contributed by atoms with Gasteiger partial charge in [-0.1, -0.05) is 42.5 Å². The zero-order valence-corrected chi connectivity index (χ0v) is 27.1. The highest BCUT2D eigenvalue weighted by Gasteiger charge is 2.49. The number of benzene rings is 2. The summed E-state index contributed by atoms with van der Waals surface area (Å²) in [7, 11) is 3.87. The van der Waals surface area contributed by atoms with Crippen LogP contribution in [-0.2, 0) is 27.2 Å². The maximum Gasteiger partial charge on any atom is 0.245 e. The summed E-state index contributed by atoms with van der Waals surface area (Å²) in [6.07, 6.45) is -3.88. The van der Waals surface area contributed by atoms with Crippen molar-refractivity contribution in [3.05, 3.63) is 70.3 Å². The third kappa shape index (κ3) is 9.57. The second kappa shape index (κ2) is 14.9. The predicted octanol–water partition coefficient (Wildman–Crippen LogP) is 1.77. The van der Waals surface area contributed by atoms with Gasteiger partial charge in [-0.2, -0.15) is 0 Å². The van der Waals surface area contributed by atoms with Crippen molar-refractivity contribution in [2.24, 2.45) is 0 Å². The van der Waals surface area contributed by atoms with Crippen LogP contribution in [0.1, 0.15) is 74.5 Å². The Morgan fingerprint density at radius 1 is 0.932 bits per heavy atom. The van der Waals surface area contributed by atoms with Crippen molar-refractivity contribution in [3.8, 4) is 0 Å². The molecule has 0 radical (unpaired) electrons. The number of likely N-dealkylation sites (N-methyl/N-ethyl adjacent to an activating group) is 1. The van der Waals surface area contributed by atoms with Gasteiger partial charge in [0.2, 0.25) is 11.8 Å². The Morgan fingerprint density at radius 3 is 2.18 bits per heavy atom. The van der Waals surface area contributed by atoms with E-state index in [4.69, 9.17) is 4.74 Å². The van der Waals surface area contributed by atoms with Gasteiger partial charge in [0.1, 0.15) is 36.1 Å². The van der Waals surface area contributed by atoms with Gasteiger partial charge in [-0.15, -0.1) is 0 Å². The van der Waals surface area contributed by atoms with E-state index < -0.39 is 41.7 Å². The summed E-state index contributed by atoms with van der Waals surface area (Å²) >= 11 is 0. The molecule has 3 rings (SSSR count). The van der Waals surface area contributed by atoms with Crippen LogP contribution in [0.2, 0.25) is 0 Å². The lowest BCUT2D eigenvalue weighted by molar-refractivity contribution is -0.261. The summed E-state index contributed by atoms with van der Waals surface area (Å²) in [5.74, 6) is -0.367. The van der Waals surface area contributed by atoms with Crippen molar-refractivity contribution in [1.29, 1.82) is 0 Å². The van der Waals surface area contributed by atoms with Crippen molar-refractivity contribution in [3.63, 3.8) is 0 Å². The molecule has 1 unspecified atom stereocenters. The van der Waals surface area contributed by atoms with Gasteiger partial charge in [0.25, 0.3) is 0 Å². The van der Waals surface area contributed by atoms with E-state index in [9.17, 15) is 30.0 Å². The number of amides is 2. The van der Waals surface area contributed by atoms with E-state index in [1.165, 1.54) is 13.8 Å². The molecule has 1 aliphatic rings. The van der Waals surface area contributed by atoms with Gasteiger partial charge in [0.05, 0.1) is 5.60 Å². The molecule has 1 aliphatic heterocycles. The van der Waals surface area contributed by atoms with Crippen LogP contribution in [0.4, 0.5) is 0 Å². The molecule has 0 saturated carbocycles. The quantitative estimate of drug-likeness (QED) is 0.200. The lowest BCUT2D eigenvalue weighted by Crippen LogP contribution is -2.60. The smallest absolute Gasteiger partial charge is 0.245 e. The Balaban J connectivity index is 1.56. The average molecular weight is 614 g/mol. The van der Waals surface area contributed by atoms with Crippen LogP contribution < -0.4 is 10.6 Å². The summed E-state index contributed by atoms with van der Waals surface area (Å²) in [5.41, 5.74) is 2.53. The number of aliphatic hydroxyl groups is 4. The highest BCUT2D eigenvalue weighted by molar-refractivity contribution is 5.90. The maximum absolute atomic E-state index is 12.5. The molecule has 6 N–H and O–H groups in total. The number of carbonyl (C=O) groups excluding carboxylic acids is 2. The molecule has 0 spiro atoms. The van der Waals surface area contributed by atoms with Crippen LogP contribution in [0.15, 0.2) is 42.5 Å². The Kier molecular flexibility index (Phi) is 12.1. The molecular weight excluding hydrogens is 562 g/mol. The standard InChI is InChI=1S/C34H51N3O7/c1-21-11-16-24(30-28(40)27(39)29(41)31(44-30)34(4,5)43)20-25(21)19-23-14-12-22(13-15-23)9-8-10-26(38)36-33(2,3)32(42)35-17-18-37(6)7/h11-16,20,27-31,39-41,43H,8-10,17-19H2,1-7H3,(H,35,42)(H,36,38)/t27-,28-,29+,30+,31?/m1/s1. The molecule has 10 nitrogen and oxygen atoms in total. The normalized spacial score (nSPS) is 22.6. The number of carbonyl (C=O) groups is 2. The fraction of sp³-hybridized carbons (Fsp3) is 0.588. The van der Waals surface area contributed by atoms with E-state index in [0.29, 0.717) is 31.4 Å². The van der Waals surface area contributed by atoms with Gasteiger partial charge in [-0.25, -0.2) is 0 Å². The molecule has 0 aliphatic carbocycles. The highest BCUT2D eigenvalue weighted by Crippen LogP contribution is 2.37. The predicted molar refractivity (Wildman–Crippen MR) is 169 cm³/mol. The van der Waals surface area contributed by atoms with Crippen molar-refractivity contribution in [1.82, 2.24) is 15.5 Å². The molecular formula is C34H51N3O7. The van der Waals surface area contributed by atoms with Gasteiger partial charge in [-0.05, 0) is 95.8 Å². The van der Waals surface area contributed by atoms with Gasteiger partial charge in [0, 0.05) is 19.5 Å². The molecule has 2 aromatic rings. The number of ether oxygens (including phenoxy) is 1. The van der Waals surface area contributed by atoms with E-state index in [0.717, 1.165) is 35.2 Å². The molecule has 244 valence electrons. The minimum absolute atomic E-state index is 0.160. The van der Waals surface area contributed by atoms with E-state index in [2.05, 4.69) is 22.8 Å². The number of rotatable bonds is 13. The van der Waals surface area contributed by atoms with Crippen LogP contribution >= 0.6 is 0 Å². The van der Waals surface area contributed by atoms with Crippen LogP contribution in [0.25, 0.3) is 0 Å². The summed E-state index contributed by atoms with van der Waals surface area (Å²) in [4.78, 5) is 27.0. The molecule has 0 bridgehead atoms. The zero-order valence-electron chi connectivity index (χ0n) is 27.1. The van der Waals surface area contributed by atoms with E-state index in [1.807, 2.05) is 56.3 Å². The topological polar surface area (TPSA) is 152 Å². The molecule has 5 atom stereocenters. The molecule has 2 aromatic carbocycles. The van der Waals surface area contributed by atoms with Crippen LogP contribution in [-0.4, -0.2) is 99.9 Å². The first kappa shape index (κ1) is 35.6. The summed E-state index contributed by atoms with van der Waals surface area (Å²) in [5, 5.41) is 47.7. The Bertz CT molecular complexity index is 1260. The molecule has 10 heteroatoms. The third-order valence-electron chi connectivity index (χ3n) is 8.16. The average Bonchev–Trinajstić information content (AvgIpc) is 2.93. The van der Waals surface area contributed by atoms with Gasteiger partial charge < -0.3 is 40.7 Å². The SMILES string of the molecule is Cc1ccc([C@@H]2OC(C(C)(C)O)[C@@H](O)[C@H](O)[C@H]2O)cc1Cc1ccc(CCCC(=O)NC(C)(C)C(=O)NCCN(C)C)cc1. The number of nitrogens with one attached hydrogen (secondary N) is 2. The van der Waals surface area contributed by atoms with Crippen molar-refractivity contribution >= 4 is 11.8 Å². The first-order chi connectivity index (χ1) is 20.5. The zero-order chi connectivity index (χ0) is 32.8. The molecule has 1 fully saturated rings. The first-order valence-corrected chi connectivity index (χ1v) is 15.3. The van der Waals surface area contributed by atoms with Crippen molar-refractivity contribution < 1.29 is 34.8 Å². The van der Waals surface area contributed by atoms with Crippen LogP contribution in [0.3, 0.4) is 0 Å². The molecule has 1 saturated heterocycles. The minimum atomic E-state index is -1.46. The van der Waals surface area contributed by atoms with E-state index >= 15 is 0 Å². The molecule has 44 heavy (non-hydrogen) atoms. The lowest BCUT2D eigenvalue weighted by atomic mass is 9.84. The van der Waals surface area contributed by atoms with Crippen LogP contribution in [0.5, 0.6) is 0 Å². The minimum Gasteiger partial charge on any atom is -0.388 e. The molecule has 1 heterocycles. The fourth-order valence-corrected chi connectivity index (χ4v) is 5.38. The van der Waals surface area contributed by atoms with Crippen molar-refractivity contribution in [2.45, 2.75) is 102 Å². The molecule has 2 amide bonds. The highest BCUT2D eigenvalue weighted by atomic mass is 16.5. The second-order valence-electron chi connectivity index (χ2n) is 13.4. The van der Waals surface area contributed by atoms with Gasteiger partial charge >= 0.3 is 0 Å². The fourth-order valence-electron chi connectivity index (χ4n) is 5.38. The third-order valence-corrected chi connectivity index (χ3v) is 8.16. The largest absolute Gasteiger partial charge is 0.388 e. The summed E-state index contributed by atoms with van der Waals surface area (Å²) in [6.45, 7) is 9.65. The molecule has 0 aromatic heterocycles. The number of hydrogen-bond donors (Lipinski definition) is 6. The van der Waals surface area contributed by atoms with Gasteiger partial charge in [-0.3, -0.25) is 9.59 Å². The first-order valence-electron chi connectivity index (χ1n) is 15.3.